The molecule has 100 valence electrons. The van der Waals surface area contributed by atoms with E-state index in [9.17, 15) is 0 Å². The zero-order valence-corrected chi connectivity index (χ0v) is 13.2. The fourth-order valence-electron chi connectivity index (χ4n) is 2.23. The van der Waals surface area contributed by atoms with Crippen molar-refractivity contribution in [2.75, 3.05) is 7.05 Å². The van der Waals surface area contributed by atoms with Gasteiger partial charge in [-0.25, -0.2) is 0 Å². The van der Waals surface area contributed by atoms with Crippen molar-refractivity contribution in [2.45, 2.75) is 18.9 Å². The smallest absolute Gasteiger partial charge is 0.0551 e. The van der Waals surface area contributed by atoms with Crippen molar-refractivity contribution in [3.8, 4) is 0 Å². The van der Waals surface area contributed by atoms with E-state index in [-0.39, 0.29) is 12.0 Å². The highest BCUT2D eigenvalue weighted by atomic mass is 79.9. The summed E-state index contributed by atoms with van der Waals surface area (Å²) in [7, 11) is 1.96. The molecular formula is C15H16BrClN2. The first-order valence-corrected chi connectivity index (χ1v) is 7.33. The van der Waals surface area contributed by atoms with E-state index in [0.717, 1.165) is 20.8 Å². The van der Waals surface area contributed by atoms with E-state index in [4.69, 9.17) is 11.6 Å². The van der Waals surface area contributed by atoms with Crippen LogP contribution in [0.3, 0.4) is 0 Å². The zero-order valence-electron chi connectivity index (χ0n) is 10.9. The van der Waals surface area contributed by atoms with Crippen LogP contribution in [-0.4, -0.2) is 12.0 Å². The highest BCUT2D eigenvalue weighted by Gasteiger charge is 2.20. The maximum atomic E-state index is 6.18. The predicted octanol–water partition coefficient (Wildman–Crippen LogP) is 4.56. The van der Waals surface area contributed by atoms with Gasteiger partial charge in [0, 0.05) is 28.3 Å². The maximum Gasteiger partial charge on any atom is 0.0551 e. The Morgan fingerprint density at radius 3 is 2.63 bits per heavy atom. The van der Waals surface area contributed by atoms with Gasteiger partial charge in [0.05, 0.1) is 5.02 Å². The third-order valence-corrected chi connectivity index (χ3v) is 4.50. The predicted molar refractivity (Wildman–Crippen MR) is 83.6 cm³/mol. The summed E-state index contributed by atoms with van der Waals surface area (Å²) < 4.78 is 0.915. The van der Waals surface area contributed by atoms with Crippen LogP contribution >= 0.6 is 27.5 Å². The summed E-state index contributed by atoms with van der Waals surface area (Å²) in [5, 5.41) is 4.08. The molecule has 4 heteroatoms. The highest BCUT2D eigenvalue weighted by Crippen LogP contribution is 2.32. The fourth-order valence-corrected chi connectivity index (χ4v) is 2.66. The van der Waals surface area contributed by atoms with Crippen molar-refractivity contribution in [1.82, 2.24) is 10.3 Å². The molecule has 2 atom stereocenters. The van der Waals surface area contributed by atoms with Crippen LogP contribution in [-0.2, 0) is 0 Å². The van der Waals surface area contributed by atoms with Crippen molar-refractivity contribution in [3.05, 3.63) is 63.3 Å². The Hall–Kier alpha value is -0.900. The number of nitrogens with one attached hydrogen (secondary N) is 1. The summed E-state index contributed by atoms with van der Waals surface area (Å²) in [4.78, 5) is 4.43. The Labute approximate surface area is 127 Å². The third kappa shape index (κ3) is 3.35. The number of benzene rings is 1. The summed E-state index contributed by atoms with van der Waals surface area (Å²) >= 11 is 9.59. The van der Waals surface area contributed by atoms with Gasteiger partial charge in [-0.3, -0.25) is 4.98 Å². The van der Waals surface area contributed by atoms with Gasteiger partial charge in [-0.15, -0.1) is 0 Å². The summed E-state index contributed by atoms with van der Waals surface area (Å²) in [5.41, 5.74) is 2.23. The molecule has 1 N–H and O–H groups in total. The third-order valence-electron chi connectivity index (χ3n) is 3.27. The van der Waals surface area contributed by atoms with E-state index in [2.05, 4.69) is 45.3 Å². The zero-order chi connectivity index (χ0) is 13.8. The summed E-state index contributed by atoms with van der Waals surface area (Å²) in [6.07, 6.45) is 1.83. The van der Waals surface area contributed by atoms with Gasteiger partial charge in [0.15, 0.2) is 0 Å². The lowest BCUT2D eigenvalue weighted by Crippen LogP contribution is -2.22. The molecule has 1 heterocycles. The van der Waals surface area contributed by atoms with E-state index in [1.807, 2.05) is 37.5 Å². The molecule has 2 aromatic rings. The lowest BCUT2D eigenvalue weighted by atomic mass is 9.91. The Bertz CT molecular complexity index is 545. The molecule has 0 fully saturated rings. The molecule has 2 rings (SSSR count). The molecule has 0 amide bonds. The quantitative estimate of drug-likeness (QED) is 0.883. The molecule has 2 unspecified atom stereocenters. The van der Waals surface area contributed by atoms with Gasteiger partial charge in [-0.1, -0.05) is 30.7 Å². The number of halogens is 2. The van der Waals surface area contributed by atoms with E-state index in [0.29, 0.717) is 0 Å². The minimum atomic E-state index is 0.181. The van der Waals surface area contributed by atoms with Crippen LogP contribution in [0, 0.1) is 0 Å². The molecule has 0 radical (unpaired) electrons. The highest BCUT2D eigenvalue weighted by molar-refractivity contribution is 9.10. The van der Waals surface area contributed by atoms with Crippen molar-refractivity contribution in [1.29, 1.82) is 0 Å². The fraction of sp³-hybridized carbons (Fsp3) is 0.267. The molecule has 19 heavy (non-hydrogen) atoms. The second-order valence-electron chi connectivity index (χ2n) is 4.48. The lowest BCUT2D eigenvalue weighted by Gasteiger charge is -2.24. The number of pyridine rings is 1. The Morgan fingerprint density at radius 2 is 2.05 bits per heavy atom. The van der Waals surface area contributed by atoms with Crippen LogP contribution in [0.2, 0.25) is 5.02 Å². The normalized spacial score (nSPS) is 14.1. The maximum absolute atomic E-state index is 6.18. The van der Waals surface area contributed by atoms with E-state index >= 15 is 0 Å². The lowest BCUT2D eigenvalue weighted by molar-refractivity contribution is 0.499. The van der Waals surface area contributed by atoms with Crippen molar-refractivity contribution >= 4 is 27.5 Å². The molecule has 0 aliphatic heterocycles. The monoisotopic (exact) mass is 338 g/mol. The first-order chi connectivity index (χ1) is 9.13. The molecule has 2 nitrogen and oxygen atoms in total. The summed E-state index contributed by atoms with van der Waals surface area (Å²) in [5.74, 6) is 0.267. The molecule has 0 bridgehead atoms. The van der Waals surface area contributed by atoms with Crippen LogP contribution in [0.5, 0.6) is 0 Å². The molecule has 0 spiro atoms. The van der Waals surface area contributed by atoms with Crippen LogP contribution in [0.25, 0.3) is 0 Å². The molecule has 1 aromatic heterocycles. The number of rotatable bonds is 4. The van der Waals surface area contributed by atoms with Gasteiger partial charge in [-0.05, 0) is 52.8 Å². The number of nitrogens with zero attached hydrogens (tertiary/aromatic N) is 1. The summed E-state index contributed by atoms with van der Waals surface area (Å²) in [6.45, 7) is 2.17. The van der Waals surface area contributed by atoms with Gasteiger partial charge < -0.3 is 5.32 Å². The van der Waals surface area contributed by atoms with Crippen molar-refractivity contribution in [3.63, 3.8) is 0 Å². The Balaban J connectivity index is 2.31. The number of aromatic nitrogens is 1. The van der Waals surface area contributed by atoms with E-state index in [1.54, 1.807) is 0 Å². The van der Waals surface area contributed by atoms with E-state index < -0.39 is 0 Å². The van der Waals surface area contributed by atoms with Crippen LogP contribution in [0.4, 0.5) is 0 Å². The SMILES string of the molecule is CNC(c1ccc(Br)c(Cl)c1)C(C)c1ccccn1. The molecule has 0 aliphatic carbocycles. The average molecular weight is 340 g/mol. The van der Waals surface area contributed by atoms with Crippen LogP contribution in [0.15, 0.2) is 47.1 Å². The van der Waals surface area contributed by atoms with Crippen LogP contribution in [0.1, 0.15) is 30.1 Å². The number of hydrogen-bond acceptors (Lipinski definition) is 2. The minimum Gasteiger partial charge on any atom is -0.312 e. The minimum absolute atomic E-state index is 0.181. The van der Waals surface area contributed by atoms with Gasteiger partial charge in [0.2, 0.25) is 0 Å². The number of hydrogen-bond donors (Lipinski definition) is 1. The van der Waals surface area contributed by atoms with Gasteiger partial charge in [0.25, 0.3) is 0 Å². The second kappa shape index (κ2) is 6.51. The Morgan fingerprint density at radius 1 is 1.26 bits per heavy atom. The first-order valence-electron chi connectivity index (χ1n) is 6.16. The average Bonchev–Trinajstić information content (AvgIpc) is 2.44. The molecular weight excluding hydrogens is 324 g/mol. The van der Waals surface area contributed by atoms with E-state index in [1.165, 1.54) is 0 Å². The molecule has 1 aromatic carbocycles. The topological polar surface area (TPSA) is 24.9 Å². The molecule has 0 aliphatic rings. The van der Waals surface area contributed by atoms with Crippen molar-refractivity contribution in [2.24, 2.45) is 0 Å². The van der Waals surface area contributed by atoms with Gasteiger partial charge in [-0.2, -0.15) is 0 Å². The first kappa shape index (κ1) is 14.5. The number of likely N-dealkylation sites (N-methyl/N-ethyl adjacent to an activating group) is 1. The largest absolute Gasteiger partial charge is 0.312 e. The Kier molecular flexibility index (Phi) is 4.97. The van der Waals surface area contributed by atoms with Crippen LogP contribution < -0.4 is 5.32 Å². The standard InChI is InChI=1S/C15H16BrClN2/c1-10(14-5-3-4-8-19-14)15(18-2)11-6-7-12(16)13(17)9-11/h3-10,15,18H,1-2H3. The molecule has 0 saturated heterocycles. The van der Waals surface area contributed by atoms with Crippen molar-refractivity contribution < 1.29 is 0 Å². The molecule has 0 saturated carbocycles. The second-order valence-corrected chi connectivity index (χ2v) is 5.74. The van der Waals surface area contributed by atoms with Gasteiger partial charge >= 0.3 is 0 Å². The van der Waals surface area contributed by atoms with Gasteiger partial charge in [0.1, 0.15) is 0 Å². The summed E-state index contributed by atoms with van der Waals surface area (Å²) in [6, 6.07) is 12.2.